The van der Waals surface area contributed by atoms with E-state index in [0.717, 1.165) is 16.8 Å². The van der Waals surface area contributed by atoms with Crippen molar-refractivity contribution in [1.29, 1.82) is 0 Å². The molecule has 0 aromatic heterocycles. The number of amides is 1. The predicted molar refractivity (Wildman–Crippen MR) is 110 cm³/mol. The molecule has 0 aliphatic heterocycles. The minimum Gasteiger partial charge on any atom is -0.311 e. The molecule has 1 amide bonds. The van der Waals surface area contributed by atoms with E-state index in [2.05, 4.69) is 25.5 Å². The van der Waals surface area contributed by atoms with E-state index in [9.17, 15) is 13.2 Å². The third-order valence-electron chi connectivity index (χ3n) is 4.31. The van der Waals surface area contributed by atoms with Crippen LogP contribution in [0, 0.1) is 6.92 Å². The summed E-state index contributed by atoms with van der Waals surface area (Å²) < 4.78 is 27.6. The highest BCUT2D eigenvalue weighted by Gasteiger charge is 2.23. The fourth-order valence-electron chi connectivity index (χ4n) is 2.95. The Balaban J connectivity index is 2.19. The third-order valence-corrected chi connectivity index (χ3v) is 5.77. The molecule has 1 N–H and O–H groups in total. The summed E-state index contributed by atoms with van der Waals surface area (Å²) >= 11 is 0. The summed E-state index contributed by atoms with van der Waals surface area (Å²) in [5, 5.41) is 0. The zero-order chi connectivity index (χ0) is 20.2. The van der Waals surface area contributed by atoms with E-state index in [1.165, 1.54) is 6.92 Å². The monoisotopic (exact) mass is 388 g/mol. The van der Waals surface area contributed by atoms with Crippen molar-refractivity contribution < 1.29 is 13.2 Å². The molecule has 0 saturated heterocycles. The second-order valence-electron chi connectivity index (χ2n) is 7.65. The van der Waals surface area contributed by atoms with Crippen molar-refractivity contribution >= 4 is 21.6 Å². The molecule has 2 aromatic rings. The molecule has 0 aliphatic carbocycles. The lowest BCUT2D eigenvalue weighted by molar-refractivity contribution is -0.116. The van der Waals surface area contributed by atoms with Gasteiger partial charge in [0.25, 0.3) is 0 Å². The van der Waals surface area contributed by atoms with Crippen LogP contribution in [0.2, 0.25) is 0 Å². The lowest BCUT2D eigenvalue weighted by atomic mass is 9.85. The second kappa shape index (κ2) is 8.23. The maximum Gasteiger partial charge on any atom is 0.240 e. The van der Waals surface area contributed by atoms with Crippen LogP contribution in [0.1, 0.15) is 38.8 Å². The fourth-order valence-corrected chi connectivity index (χ4v) is 4.07. The van der Waals surface area contributed by atoms with Crippen LogP contribution in [0.4, 0.5) is 5.69 Å². The Labute approximate surface area is 162 Å². The van der Waals surface area contributed by atoms with Crippen LogP contribution < -0.4 is 9.62 Å². The molecule has 0 bridgehead atoms. The molecule has 2 rings (SSSR count). The highest BCUT2D eigenvalue weighted by molar-refractivity contribution is 7.89. The van der Waals surface area contributed by atoms with E-state index >= 15 is 0 Å². The Morgan fingerprint density at radius 1 is 1.07 bits per heavy atom. The molecule has 0 radical (unpaired) electrons. The van der Waals surface area contributed by atoms with Gasteiger partial charge in [0.15, 0.2) is 0 Å². The van der Waals surface area contributed by atoms with Crippen LogP contribution in [0.15, 0.2) is 53.4 Å². The highest BCUT2D eigenvalue weighted by Crippen LogP contribution is 2.31. The summed E-state index contributed by atoms with van der Waals surface area (Å²) in [6, 6.07) is 14.5. The fraction of sp³-hybridized carbons (Fsp3) is 0.381. The van der Waals surface area contributed by atoms with Gasteiger partial charge in [-0.05, 0) is 41.7 Å². The first kappa shape index (κ1) is 21.1. The molecule has 2 aromatic carbocycles. The number of hydrogen-bond donors (Lipinski definition) is 1. The Morgan fingerprint density at radius 2 is 1.74 bits per heavy atom. The van der Waals surface area contributed by atoms with E-state index < -0.39 is 10.0 Å². The Bertz CT molecular complexity index is 915. The number of carbonyl (C=O) groups excluding carboxylic acids is 1. The van der Waals surface area contributed by atoms with Crippen LogP contribution in [0.3, 0.4) is 0 Å². The maximum absolute atomic E-state index is 12.5. The number of anilines is 1. The molecule has 5 nitrogen and oxygen atoms in total. The number of aryl methyl sites for hydroxylation is 1. The average Bonchev–Trinajstić information content (AvgIpc) is 2.57. The molecule has 27 heavy (non-hydrogen) atoms. The van der Waals surface area contributed by atoms with E-state index in [4.69, 9.17) is 0 Å². The molecule has 0 spiro atoms. The van der Waals surface area contributed by atoms with Gasteiger partial charge in [0.2, 0.25) is 15.9 Å². The van der Waals surface area contributed by atoms with Crippen molar-refractivity contribution in [2.24, 2.45) is 0 Å². The van der Waals surface area contributed by atoms with Crippen molar-refractivity contribution in [1.82, 2.24) is 4.72 Å². The molecule has 0 atom stereocenters. The van der Waals surface area contributed by atoms with Crippen LogP contribution in [-0.4, -0.2) is 27.4 Å². The van der Waals surface area contributed by atoms with Crippen LogP contribution in [0.25, 0.3) is 0 Å². The van der Waals surface area contributed by atoms with Gasteiger partial charge in [-0.1, -0.05) is 51.1 Å². The summed E-state index contributed by atoms with van der Waals surface area (Å²) in [6.07, 6.45) is 0. The zero-order valence-corrected chi connectivity index (χ0v) is 17.4. The van der Waals surface area contributed by atoms with E-state index in [-0.39, 0.29) is 29.3 Å². The number of benzene rings is 2. The molecule has 6 heteroatoms. The molecule has 146 valence electrons. The number of para-hydroxylation sites is 1. The number of carbonyl (C=O) groups is 1. The van der Waals surface area contributed by atoms with E-state index in [1.807, 2.05) is 37.3 Å². The number of nitrogens with one attached hydrogen (secondary N) is 1. The van der Waals surface area contributed by atoms with Crippen LogP contribution >= 0.6 is 0 Å². The van der Waals surface area contributed by atoms with Gasteiger partial charge in [-0.2, -0.15) is 0 Å². The van der Waals surface area contributed by atoms with E-state index in [1.54, 1.807) is 23.1 Å². The Kier molecular flexibility index (Phi) is 6.44. The zero-order valence-electron chi connectivity index (χ0n) is 16.6. The number of rotatable bonds is 6. The topological polar surface area (TPSA) is 66.5 Å². The van der Waals surface area contributed by atoms with Gasteiger partial charge in [0.05, 0.1) is 4.90 Å². The highest BCUT2D eigenvalue weighted by atomic mass is 32.2. The molecular weight excluding hydrogens is 360 g/mol. The Morgan fingerprint density at radius 3 is 2.33 bits per heavy atom. The quantitative estimate of drug-likeness (QED) is 0.822. The molecule has 0 heterocycles. The smallest absolute Gasteiger partial charge is 0.240 e. The average molecular weight is 389 g/mol. The number of hydrogen-bond acceptors (Lipinski definition) is 3. The molecular formula is C21H28N2O3S. The SMILES string of the molecule is CC(=O)N(CCNS(=O)(=O)c1cccc(C)c1)c1ccccc1C(C)(C)C. The van der Waals surface area contributed by atoms with Gasteiger partial charge in [-0.3, -0.25) is 4.79 Å². The van der Waals surface area contributed by atoms with Crippen molar-refractivity contribution in [2.75, 3.05) is 18.0 Å². The van der Waals surface area contributed by atoms with Gasteiger partial charge in [0, 0.05) is 25.7 Å². The second-order valence-corrected chi connectivity index (χ2v) is 9.42. The number of nitrogens with zero attached hydrogens (tertiary/aromatic N) is 1. The van der Waals surface area contributed by atoms with E-state index in [0.29, 0.717) is 0 Å². The Hall–Kier alpha value is -2.18. The lowest BCUT2D eigenvalue weighted by Crippen LogP contribution is -2.38. The first-order valence-corrected chi connectivity index (χ1v) is 10.4. The first-order chi connectivity index (χ1) is 12.5. The normalized spacial score (nSPS) is 12.0. The summed E-state index contributed by atoms with van der Waals surface area (Å²) in [5.41, 5.74) is 2.60. The summed E-state index contributed by atoms with van der Waals surface area (Å²) in [7, 11) is -3.61. The summed E-state index contributed by atoms with van der Waals surface area (Å²) in [4.78, 5) is 14.1. The standard InChI is InChI=1S/C21H28N2O3S/c1-16-9-8-10-18(15-16)27(25,26)22-13-14-23(17(2)24)20-12-7-6-11-19(20)21(3,4)5/h6-12,15,22H,13-14H2,1-5H3. The molecule has 0 unspecified atom stereocenters. The van der Waals surface area contributed by atoms with Gasteiger partial charge in [-0.25, -0.2) is 13.1 Å². The number of sulfonamides is 1. The van der Waals surface area contributed by atoms with Crippen molar-refractivity contribution in [3.05, 3.63) is 59.7 Å². The van der Waals surface area contributed by atoms with Crippen molar-refractivity contribution in [3.8, 4) is 0 Å². The third kappa shape index (κ3) is 5.40. The van der Waals surface area contributed by atoms with Gasteiger partial charge in [0.1, 0.15) is 0 Å². The molecule has 0 aliphatic rings. The lowest BCUT2D eigenvalue weighted by Gasteiger charge is -2.29. The van der Waals surface area contributed by atoms with Crippen LogP contribution in [-0.2, 0) is 20.2 Å². The summed E-state index contributed by atoms with van der Waals surface area (Å²) in [6.45, 7) is 10.00. The van der Waals surface area contributed by atoms with Gasteiger partial charge < -0.3 is 4.90 Å². The summed E-state index contributed by atoms with van der Waals surface area (Å²) in [5.74, 6) is -0.124. The first-order valence-electron chi connectivity index (χ1n) is 8.96. The van der Waals surface area contributed by atoms with Crippen molar-refractivity contribution in [3.63, 3.8) is 0 Å². The largest absolute Gasteiger partial charge is 0.311 e. The van der Waals surface area contributed by atoms with Crippen LogP contribution in [0.5, 0.6) is 0 Å². The maximum atomic E-state index is 12.5. The minimum atomic E-state index is -3.61. The predicted octanol–water partition coefficient (Wildman–Crippen LogP) is 3.62. The van der Waals surface area contributed by atoms with Gasteiger partial charge >= 0.3 is 0 Å². The molecule has 0 saturated carbocycles. The molecule has 0 fully saturated rings. The minimum absolute atomic E-state index is 0.124. The van der Waals surface area contributed by atoms with Crippen molar-refractivity contribution in [2.45, 2.75) is 44.9 Å². The van der Waals surface area contributed by atoms with Gasteiger partial charge in [-0.15, -0.1) is 0 Å².